The van der Waals surface area contributed by atoms with E-state index in [2.05, 4.69) is 10.1 Å². The molecular formula is C23H25ClN4O3. The van der Waals surface area contributed by atoms with Crippen LogP contribution in [0.3, 0.4) is 0 Å². The Hall–Kier alpha value is -2.64. The van der Waals surface area contributed by atoms with Crippen molar-refractivity contribution in [3.05, 3.63) is 57.5 Å². The number of para-hydroxylation sites is 1. The fourth-order valence-corrected chi connectivity index (χ4v) is 4.67. The van der Waals surface area contributed by atoms with Gasteiger partial charge in [-0.3, -0.25) is 4.79 Å². The van der Waals surface area contributed by atoms with Crippen LogP contribution in [0.5, 0.6) is 5.75 Å². The minimum absolute atomic E-state index is 0.112. The summed E-state index contributed by atoms with van der Waals surface area (Å²) in [4.78, 5) is 19.8. The van der Waals surface area contributed by atoms with Gasteiger partial charge in [0.2, 0.25) is 0 Å². The van der Waals surface area contributed by atoms with Gasteiger partial charge in [0.25, 0.3) is 5.91 Å². The third kappa shape index (κ3) is 3.46. The molecule has 2 aliphatic rings. The number of carbonyl (C=O) groups is 1. The molecule has 2 atom stereocenters. The topological polar surface area (TPSA) is 80.0 Å². The standard InChI is InChI=1S/C23H25ClN4O3/c1-13-21(24)14(2)28-22(25-13)16-11-27(12-17(16)26-28)23(30)15-7-3-5-9-19(15)31-20-10-6-4-8-18(20)29/h3,5,7,9,18,20,29H,4,6,8,10-12H2,1-2H3. The van der Waals surface area contributed by atoms with Crippen molar-refractivity contribution in [1.29, 1.82) is 0 Å². The van der Waals surface area contributed by atoms with Gasteiger partial charge < -0.3 is 14.7 Å². The Labute approximate surface area is 185 Å². The Morgan fingerprint density at radius 1 is 1.19 bits per heavy atom. The molecule has 5 rings (SSSR count). The second kappa shape index (κ2) is 7.80. The fraction of sp³-hybridized carbons (Fsp3) is 0.435. The zero-order valence-corrected chi connectivity index (χ0v) is 18.4. The van der Waals surface area contributed by atoms with Gasteiger partial charge >= 0.3 is 0 Å². The first-order valence-corrected chi connectivity index (χ1v) is 11.1. The Kier molecular flexibility index (Phi) is 5.10. The summed E-state index contributed by atoms with van der Waals surface area (Å²) in [6, 6.07) is 7.27. The number of carbonyl (C=O) groups excluding carboxylic acids is 1. The molecule has 0 spiro atoms. The first kappa shape index (κ1) is 20.3. The number of rotatable bonds is 3. The molecule has 0 saturated heterocycles. The van der Waals surface area contributed by atoms with Crippen LogP contribution in [0.1, 0.15) is 58.7 Å². The predicted octanol–water partition coefficient (Wildman–Crippen LogP) is 3.84. The summed E-state index contributed by atoms with van der Waals surface area (Å²) >= 11 is 6.33. The summed E-state index contributed by atoms with van der Waals surface area (Å²) in [6.07, 6.45) is 2.79. The number of amides is 1. The van der Waals surface area contributed by atoms with E-state index in [0.717, 1.165) is 54.0 Å². The lowest BCUT2D eigenvalue weighted by atomic mass is 9.95. The van der Waals surface area contributed by atoms with Gasteiger partial charge in [-0.2, -0.15) is 5.10 Å². The average molecular weight is 441 g/mol. The average Bonchev–Trinajstić information content (AvgIpc) is 3.33. The number of hydrogen-bond donors (Lipinski definition) is 1. The Morgan fingerprint density at radius 3 is 2.77 bits per heavy atom. The van der Waals surface area contributed by atoms with Crippen molar-refractivity contribution in [2.45, 2.75) is 64.8 Å². The highest BCUT2D eigenvalue weighted by Crippen LogP contribution is 2.32. The second-order valence-electron chi connectivity index (χ2n) is 8.42. The molecule has 1 N–H and O–H groups in total. The second-order valence-corrected chi connectivity index (χ2v) is 8.80. The highest BCUT2D eigenvalue weighted by atomic mass is 35.5. The van der Waals surface area contributed by atoms with Crippen molar-refractivity contribution in [2.75, 3.05) is 0 Å². The van der Waals surface area contributed by atoms with Gasteiger partial charge in [-0.25, -0.2) is 9.50 Å². The number of ether oxygens (including phenoxy) is 1. The molecule has 0 radical (unpaired) electrons. The van der Waals surface area contributed by atoms with E-state index in [1.165, 1.54) is 0 Å². The van der Waals surface area contributed by atoms with Crippen LogP contribution in [0.4, 0.5) is 0 Å². The smallest absolute Gasteiger partial charge is 0.258 e. The maximum absolute atomic E-state index is 13.4. The molecule has 1 aromatic carbocycles. The number of hydrogen-bond acceptors (Lipinski definition) is 5. The van der Waals surface area contributed by atoms with Gasteiger partial charge in [-0.1, -0.05) is 30.2 Å². The Bertz CT molecular complexity index is 1180. The zero-order chi connectivity index (χ0) is 21.7. The molecule has 162 valence electrons. The van der Waals surface area contributed by atoms with Crippen molar-refractivity contribution >= 4 is 23.2 Å². The quantitative estimate of drug-likeness (QED) is 0.669. The molecule has 1 aliphatic carbocycles. The van der Waals surface area contributed by atoms with E-state index < -0.39 is 6.10 Å². The number of halogens is 1. The fourth-order valence-electron chi connectivity index (χ4n) is 4.55. The first-order chi connectivity index (χ1) is 14.9. The summed E-state index contributed by atoms with van der Waals surface area (Å²) < 4.78 is 7.88. The van der Waals surface area contributed by atoms with E-state index in [0.29, 0.717) is 29.4 Å². The summed E-state index contributed by atoms with van der Waals surface area (Å²) in [7, 11) is 0. The van der Waals surface area contributed by atoms with Gasteiger partial charge in [0.15, 0.2) is 5.65 Å². The molecule has 1 aliphatic heterocycles. The molecule has 7 nitrogen and oxygen atoms in total. The largest absolute Gasteiger partial charge is 0.487 e. The molecule has 3 aromatic rings. The van der Waals surface area contributed by atoms with Gasteiger partial charge in [0.05, 0.1) is 46.9 Å². The summed E-state index contributed by atoms with van der Waals surface area (Å²) in [6.45, 7) is 4.64. The molecule has 2 aromatic heterocycles. The van der Waals surface area contributed by atoms with Crippen LogP contribution in [0.15, 0.2) is 24.3 Å². The van der Waals surface area contributed by atoms with E-state index in [1.54, 1.807) is 21.5 Å². The monoisotopic (exact) mass is 440 g/mol. The normalized spacial score (nSPS) is 20.8. The molecule has 31 heavy (non-hydrogen) atoms. The Morgan fingerprint density at radius 2 is 1.97 bits per heavy atom. The van der Waals surface area contributed by atoms with Crippen LogP contribution in [-0.2, 0) is 13.1 Å². The van der Waals surface area contributed by atoms with Crippen LogP contribution >= 0.6 is 11.6 Å². The van der Waals surface area contributed by atoms with E-state index in [1.807, 2.05) is 26.0 Å². The molecule has 1 saturated carbocycles. The van der Waals surface area contributed by atoms with Crippen LogP contribution in [0.25, 0.3) is 5.65 Å². The van der Waals surface area contributed by atoms with Crippen LogP contribution in [0.2, 0.25) is 5.02 Å². The minimum Gasteiger partial charge on any atom is -0.487 e. The number of benzene rings is 1. The maximum atomic E-state index is 13.4. The van der Waals surface area contributed by atoms with E-state index >= 15 is 0 Å². The van der Waals surface area contributed by atoms with Gasteiger partial charge in [0.1, 0.15) is 11.9 Å². The third-order valence-electron chi connectivity index (χ3n) is 6.31. The third-order valence-corrected chi connectivity index (χ3v) is 6.85. The number of aromatic nitrogens is 3. The van der Waals surface area contributed by atoms with Gasteiger partial charge in [-0.15, -0.1) is 0 Å². The highest BCUT2D eigenvalue weighted by Gasteiger charge is 2.32. The number of fused-ring (bicyclic) bond motifs is 3. The SMILES string of the molecule is Cc1nc2c3c(nn2c(C)c1Cl)CN(C(=O)c1ccccc1OC1CCCCC1O)C3. The molecule has 3 heterocycles. The highest BCUT2D eigenvalue weighted by molar-refractivity contribution is 6.31. The van der Waals surface area contributed by atoms with E-state index in [4.69, 9.17) is 16.3 Å². The summed E-state index contributed by atoms with van der Waals surface area (Å²) in [5.41, 5.74) is 4.65. The molecule has 8 heteroatoms. The van der Waals surface area contributed by atoms with Crippen LogP contribution < -0.4 is 4.74 Å². The van der Waals surface area contributed by atoms with Crippen molar-refractivity contribution in [1.82, 2.24) is 19.5 Å². The Balaban J connectivity index is 1.41. The predicted molar refractivity (Wildman–Crippen MR) is 116 cm³/mol. The molecule has 1 amide bonds. The minimum atomic E-state index is -0.495. The molecule has 0 bridgehead atoms. The maximum Gasteiger partial charge on any atom is 0.258 e. The van der Waals surface area contributed by atoms with Crippen LogP contribution in [0, 0.1) is 13.8 Å². The molecule has 2 unspecified atom stereocenters. The van der Waals surface area contributed by atoms with E-state index in [-0.39, 0.29) is 12.0 Å². The lowest BCUT2D eigenvalue weighted by molar-refractivity contribution is 0.00618. The number of aliphatic hydroxyl groups is 1. The lowest BCUT2D eigenvalue weighted by Gasteiger charge is -2.29. The summed E-state index contributed by atoms with van der Waals surface area (Å²) in [5, 5.41) is 15.5. The number of nitrogens with zero attached hydrogens (tertiary/aromatic N) is 4. The van der Waals surface area contributed by atoms with Crippen molar-refractivity contribution < 1.29 is 14.6 Å². The zero-order valence-electron chi connectivity index (χ0n) is 17.6. The first-order valence-electron chi connectivity index (χ1n) is 10.7. The summed E-state index contributed by atoms with van der Waals surface area (Å²) in [5.74, 6) is 0.410. The van der Waals surface area contributed by atoms with Crippen molar-refractivity contribution in [2.24, 2.45) is 0 Å². The number of aryl methyl sites for hydroxylation is 2. The lowest BCUT2D eigenvalue weighted by Crippen LogP contribution is -2.35. The molecular weight excluding hydrogens is 416 g/mol. The van der Waals surface area contributed by atoms with Gasteiger partial charge in [0, 0.05) is 5.56 Å². The van der Waals surface area contributed by atoms with Crippen molar-refractivity contribution in [3.8, 4) is 5.75 Å². The molecule has 1 fully saturated rings. The van der Waals surface area contributed by atoms with Crippen molar-refractivity contribution in [3.63, 3.8) is 0 Å². The van der Waals surface area contributed by atoms with E-state index in [9.17, 15) is 9.90 Å². The number of aliphatic hydroxyl groups excluding tert-OH is 1. The van der Waals surface area contributed by atoms with Gasteiger partial charge in [-0.05, 0) is 45.2 Å². The van der Waals surface area contributed by atoms with Crippen LogP contribution in [-0.4, -0.2) is 42.7 Å².